The van der Waals surface area contributed by atoms with Crippen molar-refractivity contribution < 1.29 is 0 Å². The van der Waals surface area contributed by atoms with E-state index < -0.39 is 0 Å². The molecule has 4 heteroatoms. The molecule has 0 aliphatic carbocycles. The number of nitrogens with zero attached hydrogens (tertiary/aromatic N) is 2. The zero-order valence-corrected chi connectivity index (χ0v) is 8.71. The first kappa shape index (κ1) is 8.26. The summed E-state index contributed by atoms with van der Waals surface area (Å²) in [6.07, 6.45) is 0. The van der Waals surface area contributed by atoms with Crippen molar-refractivity contribution in [1.82, 2.24) is 4.98 Å². The maximum atomic E-state index is 4.50. The van der Waals surface area contributed by atoms with Crippen LogP contribution in [0.15, 0.2) is 10.4 Å². The van der Waals surface area contributed by atoms with Crippen molar-refractivity contribution >= 4 is 28.1 Å². The summed E-state index contributed by atoms with van der Waals surface area (Å²) in [6, 6.07) is 0.327. The van der Waals surface area contributed by atoms with Crippen molar-refractivity contribution in [2.75, 3.05) is 5.75 Å². The van der Waals surface area contributed by atoms with Gasteiger partial charge in [-0.1, -0.05) is 0 Å². The first-order chi connectivity index (χ1) is 5.75. The Morgan fingerprint density at radius 3 is 2.83 bits per heavy atom. The second-order valence-electron chi connectivity index (χ2n) is 2.80. The van der Waals surface area contributed by atoms with Gasteiger partial charge in [-0.25, -0.2) is 4.98 Å². The van der Waals surface area contributed by atoms with Gasteiger partial charge >= 0.3 is 0 Å². The van der Waals surface area contributed by atoms with Crippen molar-refractivity contribution in [2.45, 2.75) is 19.9 Å². The lowest BCUT2D eigenvalue weighted by molar-refractivity contribution is 0.831. The molecule has 0 saturated carbocycles. The largest absolute Gasteiger partial charge is 0.272 e. The molecule has 0 amide bonds. The van der Waals surface area contributed by atoms with Crippen LogP contribution in [0.5, 0.6) is 0 Å². The van der Waals surface area contributed by atoms with E-state index in [1.54, 1.807) is 11.3 Å². The minimum absolute atomic E-state index is 0.327. The minimum Gasteiger partial charge on any atom is -0.272 e. The van der Waals surface area contributed by atoms with E-state index >= 15 is 0 Å². The number of aryl methyl sites for hydroxylation is 1. The second-order valence-corrected chi connectivity index (χ2v) is 4.90. The van der Waals surface area contributed by atoms with E-state index in [4.69, 9.17) is 0 Å². The van der Waals surface area contributed by atoms with Gasteiger partial charge in [-0.3, -0.25) is 4.99 Å². The van der Waals surface area contributed by atoms with Crippen LogP contribution in [0.4, 0.5) is 0 Å². The summed E-state index contributed by atoms with van der Waals surface area (Å²) in [5, 5.41) is 4.44. The van der Waals surface area contributed by atoms with Crippen LogP contribution >= 0.6 is 23.1 Å². The lowest BCUT2D eigenvalue weighted by Crippen LogP contribution is -1.92. The van der Waals surface area contributed by atoms with Crippen LogP contribution in [0.1, 0.15) is 23.7 Å². The third-order valence-electron chi connectivity index (χ3n) is 1.71. The molecule has 0 fully saturated rings. The van der Waals surface area contributed by atoms with E-state index in [1.807, 2.05) is 18.7 Å². The van der Waals surface area contributed by atoms with Gasteiger partial charge < -0.3 is 0 Å². The molecule has 1 aliphatic heterocycles. The van der Waals surface area contributed by atoms with E-state index in [9.17, 15) is 0 Å². The fraction of sp³-hybridized carbons (Fsp3) is 0.500. The molecule has 0 spiro atoms. The normalized spacial score (nSPS) is 22.8. The van der Waals surface area contributed by atoms with Gasteiger partial charge in [0.15, 0.2) is 0 Å². The smallest absolute Gasteiger partial charge is 0.118 e. The fourth-order valence-electron chi connectivity index (χ4n) is 1.15. The maximum Gasteiger partial charge on any atom is 0.118 e. The van der Waals surface area contributed by atoms with Crippen LogP contribution < -0.4 is 0 Å². The number of hydrogen-bond donors (Lipinski definition) is 0. The Labute approximate surface area is 80.1 Å². The summed E-state index contributed by atoms with van der Waals surface area (Å²) in [4.78, 5) is 8.92. The van der Waals surface area contributed by atoms with Gasteiger partial charge in [-0.15, -0.1) is 23.1 Å². The highest BCUT2D eigenvalue weighted by Crippen LogP contribution is 2.31. The van der Waals surface area contributed by atoms with Gasteiger partial charge in [0.25, 0.3) is 0 Å². The predicted molar refractivity (Wildman–Crippen MR) is 55.2 cm³/mol. The zero-order chi connectivity index (χ0) is 8.55. The number of aromatic nitrogens is 1. The van der Waals surface area contributed by atoms with Gasteiger partial charge in [0.05, 0.1) is 5.04 Å². The second kappa shape index (κ2) is 3.18. The van der Waals surface area contributed by atoms with Crippen molar-refractivity contribution in [1.29, 1.82) is 0 Å². The van der Waals surface area contributed by atoms with E-state index in [-0.39, 0.29) is 0 Å². The third-order valence-corrected chi connectivity index (χ3v) is 3.78. The Morgan fingerprint density at radius 1 is 1.50 bits per heavy atom. The minimum atomic E-state index is 0.327. The van der Waals surface area contributed by atoms with E-state index in [1.165, 1.54) is 5.04 Å². The van der Waals surface area contributed by atoms with E-state index in [0.29, 0.717) is 6.04 Å². The highest BCUT2D eigenvalue weighted by atomic mass is 32.2. The molecular formula is C8H10N2S2. The van der Waals surface area contributed by atoms with E-state index in [0.717, 1.165) is 16.5 Å². The number of aliphatic imine (C=N–C) groups is 1. The van der Waals surface area contributed by atoms with Crippen molar-refractivity contribution in [3.8, 4) is 0 Å². The lowest BCUT2D eigenvalue weighted by Gasteiger charge is -1.98. The van der Waals surface area contributed by atoms with Gasteiger partial charge in [0.1, 0.15) is 11.0 Å². The Kier molecular flexibility index (Phi) is 2.19. The van der Waals surface area contributed by atoms with Crippen LogP contribution in [0.25, 0.3) is 0 Å². The predicted octanol–water partition coefficient (Wildman–Crippen LogP) is 2.66. The van der Waals surface area contributed by atoms with Gasteiger partial charge in [0.2, 0.25) is 0 Å². The van der Waals surface area contributed by atoms with Crippen LogP contribution in [0.2, 0.25) is 0 Å². The Morgan fingerprint density at radius 2 is 2.33 bits per heavy atom. The van der Waals surface area contributed by atoms with Crippen LogP contribution in [0.3, 0.4) is 0 Å². The number of thioether (sulfide) groups is 1. The van der Waals surface area contributed by atoms with Gasteiger partial charge in [-0.05, 0) is 13.8 Å². The van der Waals surface area contributed by atoms with Crippen molar-refractivity contribution in [3.05, 3.63) is 16.1 Å². The van der Waals surface area contributed by atoms with E-state index in [2.05, 4.69) is 22.3 Å². The number of hydrogen-bond acceptors (Lipinski definition) is 4. The summed E-state index contributed by atoms with van der Waals surface area (Å²) < 4.78 is 0. The summed E-state index contributed by atoms with van der Waals surface area (Å²) in [7, 11) is 0. The average molecular weight is 198 g/mol. The molecule has 0 aromatic carbocycles. The monoisotopic (exact) mass is 198 g/mol. The van der Waals surface area contributed by atoms with Crippen LogP contribution in [-0.4, -0.2) is 15.8 Å². The molecule has 0 N–H and O–H groups in total. The van der Waals surface area contributed by atoms with Gasteiger partial charge in [-0.2, -0.15) is 0 Å². The summed E-state index contributed by atoms with van der Waals surface area (Å²) in [6.45, 7) is 4.09. The Hall–Kier alpha value is -0.350. The molecule has 64 valence electrons. The Bertz CT molecular complexity index is 317. The first-order valence-corrected chi connectivity index (χ1v) is 5.71. The molecule has 1 atom stereocenters. The lowest BCUT2D eigenvalue weighted by atomic mass is 10.4. The fourth-order valence-corrected chi connectivity index (χ4v) is 2.92. The molecule has 1 aromatic heterocycles. The van der Waals surface area contributed by atoms with Gasteiger partial charge in [0, 0.05) is 16.8 Å². The first-order valence-electron chi connectivity index (χ1n) is 3.85. The van der Waals surface area contributed by atoms with Crippen molar-refractivity contribution in [2.24, 2.45) is 4.99 Å². The Balaban J connectivity index is 2.21. The molecule has 1 aliphatic rings. The highest BCUT2D eigenvalue weighted by Gasteiger charge is 2.19. The summed E-state index contributed by atoms with van der Waals surface area (Å²) in [5.41, 5.74) is 1.11. The molecule has 2 rings (SSSR count). The standard InChI is InChI=1S/C8H10N2S2/c1-5-3-12-8(9-5)7-4-11-6(2)10-7/h3,7H,4H2,1-2H3. The van der Waals surface area contributed by atoms with Crippen molar-refractivity contribution in [3.63, 3.8) is 0 Å². The number of rotatable bonds is 1. The molecule has 0 bridgehead atoms. The third kappa shape index (κ3) is 1.54. The molecule has 1 aromatic rings. The average Bonchev–Trinajstić information content (AvgIpc) is 2.58. The molecule has 0 saturated heterocycles. The van der Waals surface area contributed by atoms with Crippen LogP contribution in [-0.2, 0) is 0 Å². The number of thiazole rings is 1. The molecule has 1 unspecified atom stereocenters. The SMILES string of the molecule is CC1=NC(c2nc(C)cs2)CS1. The summed E-state index contributed by atoms with van der Waals surface area (Å²) >= 11 is 3.54. The topological polar surface area (TPSA) is 25.2 Å². The molecule has 12 heavy (non-hydrogen) atoms. The molecule has 2 heterocycles. The molecule has 0 radical (unpaired) electrons. The molecular weight excluding hydrogens is 188 g/mol. The van der Waals surface area contributed by atoms with Crippen LogP contribution in [0, 0.1) is 6.92 Å². The zero-order valence-electron chi connectivity index (χ0n) is 7.07. The maximum absolute atomic E-state index is 4.50. The highest BCUT2D eigenvalue weighted by molar-refractivity contribution is 8.14. The summed E-state index contributed by atoms with van der Waals surface area (Å²) in [5.74, 6) is 1.07. The molecule has 2 nitrogen and oxygen atoms in total. The quantitative estimate of drug-likeness (QED) is 0.693.